The van der Waals surface area contributed by atoms with E-state index in [2.05, 4.69) is 6.07 Å². The Hall–Kier alpha value is -2.51. The first-order chi connectivity index (χ1) is 10.7. The van der Waals surface area contributed by atoms with Crippen molar-refractivity contribution in [1.82, 2.24) is 0 Å². The molecule has 0 bridgehead atoms. The number of benzene rings is 2. The molecular weight excluding hydrogens is 292 g/mol. The normalized spacial score (nSPS) is 20.7. The highest BCUT2D eigenvalue weighted by atomic mass is 32.2. The second kappa shape index (κ2) is 6.08. The summed E-state index contributed by atoms with van der Waals surface area (Å²) in [5.41, 5.74) is 8.07. The van der Waals surface area contributed by atoms with Gasteiger partial charge in [-0.3, -0.25) is 4.79 Å². The molecule has 0 aliphatic carbocycles. The van der Waals surface area contributed by atoms with Crippen LogP contribution in [0.1, 0.15) is 21.8 Å². The molecule has 2 aromatic carbocycles. The van der Waals surface area contributed by atoms with Crippen LogP contribution < -0.4 is 5.73 Å². The Morgan fingerprint density at radius 1 is 1.05 bits per heavy atom. The molecule has 0 unspecified atom stereocenters. The number of ketones is 1. The summed E-state index contributed by atoms with van der Waals surface area (Å²) in [6, 6.07) is 20.9. The Morgan fingerprint density at radius 3 is 2.23 bits per heavy atom. The molecule has 0 spiro atoms. The topological polar surface area (TPSA) is 66.9 Å². The molecule has 2 atom stereocenters. The van der Waals surface area contributed by atoms with E-state index in [1.54, 1.807) is 12.1 Å². The minimum atomic E-state index is -0.389. The molecule has 2 aromatic rings. The molecule has 3 nitrogen and oxygen atoms in total. The van der Waals surface area contributed by atoms with Crippen LogP contribution >= 0.6 is 11.8 Å². The smallest absolute Gasteiger partial charge is 0.177 e. The van der Waals surface area contributed by atoms with E-state index in [1.807, 2.05) is 48.5 Å². The van der Waals surface area contributed by atoms with Gasteiger partial charge in [0.25, 0.3) is 0 Å². The molecule has 0 fully saturated rings. The zero-order valence-electron chi connectivity index (χ0n) is 11.8. The number of Topliss-reactive ketones (excluding diaryl/α,β-unsaturated/α-hetero) is 1. The van der Waals surface area contributed by atoms with Crippen molar-refractivity contribution >= 4 is 17.5 Å². The van der Waals surface area contributed by atoms with Gasteiger partial charge in [-0.15, -0.1) is 0 Å². The van der Waals surface area contributed by atoms with Crippen molar-refractivity contribution < 1.29 is 4.79 Å². The lowest BCUT2D eigenvalue weighted by Crippen LogP contribution is -2.23. The maximum atomic E-state index is 12.8. The Balaban J connectivity index is 2.02. The third-order valence-electron chi connectivity index (χ3n) is 3.73. The van der Waals surface area contributed by atoms with Crippen molar-refractivity contribution in [3.8, 4) is 6.07 Å². The minimum absolute atomic E-state index is 0.00709. The number of thioether (sulfide) groups is 1. The lowest BCUT2D eigenvalue weighted by molar-refractivity contribution is 0.0985. The van der Waals surface area contributed by atoms with Gasteiger partial charge in [0.2, 0.25) is 0 Å². The molecule has 0 saturated heterocycles. The van der Waals surface area contributed by atoms with Gasteiger partial charge in [-0.2, -0.15) is 5.26 Å². The molecule has 108 valence electrons. The van der Waals surface area contributed by atoms with Gasteiger partial charge < -0.3 is 5.73 Å². The summed E-state index contributed by atoms with van der Waals surface area (Å²) in [7, 11) is 0. The molecule has 2 N–H and O–H groups in total. The third kappa shape index (κ3) is 2.51. The molecule has 4 heteroatoms. The van der Waals surface area contributed by atoms with E-state index in [-0.39, 0.29) is 17.0 Å². The number of nitriles is 1. The number of carbonyl (C=O) groups is 1. The molecule has 1 heterocycles. The molecule has 0 aromatic heterocycles. The van der Waals surface area contributed by atoms with Gasteiger partial charge >= 0.3 is 0 Å². The van der Waals surface area contributed by atoms with Gasteiger partial charge in [-0.1, -0.05) is 72.4 Å². The van der Waals surface area contributed by atoms with Crippen LogP contribution in [0.4, 0.5) is 0 Å². The molecule has 1 aliphatic rings. The highest BCUT2D eigenvalue weighted by Gasteiger charge is 2.40. The van der Waals surface area contributed by atoms with E-state index >= 15 is 0 Å². The quantitative estimate of drug-likeness (QED) is 0.882. The molecule has 0 radical (unpaired) electrons. The Bertz CT molecular complexity index is 763. The van der Waals surface area contributed by atoms with Crippen LogP contribution in [0, 0.1) is 11.3 Å². The predicted octanol–water partition coefficient (Wildman–Crippen LogP) is 3.46. The summed E-state index contributed by atoms with van der Waals surface area (Å²) in [5, 5.41) is 9.49. The maximum Gasteiger partial charge on any atom is 0.177 e. The van der Waals surface area contributed by atoms with Gasteiger partial charge in [0.1, 0.15) is 0 Å². The number of rotatable bonds is 3. The fourth-order valence-corrected chi connectivity index (χ4v) is 3.92. The van der Waals surface area contributed by atoms with Gasteiger partial charge in [-0.25, -0.2) is 0 Å². The second-order valence-corrected chi connectivity index (χ2v) is 6.23. The first-order valence-corrected chi connectivity index (χ1v) is 7.81. The fraction of sp³-hybridized carbons (Fsp3) is 0.111. The largest absolute Gasteiger partial charge is 0.393 e. The molecule has 22 heavy (non-hydrogen) atoms. The van der Waals surface area contributed by atoms with Crippen molar-refractivity contribution in [2.75, 3.05) is 0 Å². The SMILES string of the molecule is N#CC1=C(N)S[C@@H](C(=O)c2ccccc2)[C@H]1c1ccccc1. The standard InChI is InChI=1S/C18H14N2OS/c19-11-14-15(12-7-3-1-4-8-12)17(22-18(14)20)16(21)13-9-5-2-6-10-13/h1-10,15,17H,20H2/t15-,17+/m0/s1. The predicted molar refractivity (Wildman–Crippen MR) is 88.2 cm³/mol. The average Bonchev–Trinajstić information content (AvgIpc) is 2.92. The van der Waals surface area contributed by atoms with Crippen molar-refractivity contribution in [3.05, 3.63) is 82.4 Å². The fourth-order valence-electron chi connectivity index (χ4n) is 2.67. The molecule has 3 rings (SSSR count). The zero-order valence-corrected chi connectivity index (χ0v) is 12.6. The van der Waals surface area contributed by atoms with Gasteiger partial charge in [0.05, 0.1) is 21.9 Å². The molecule has 0 amide bonds. The second-order valence-electron chi connectivity index (χ2n) is 5.05. The van der Waals surface area contributed by atoms with Crippen LogP contribution in [-0.4, -0.2) is 11.0 Å². The van der Waals surface area contributed by atoms with Crippen LogP contribution in [0.25, 0.3) is 0 Å². The molecule has 1 aliphatic heterocycles. The van der Waals surface area contributed by atoms with Crippen LogP contribution in [0.3, 0.4) is 0 Å². The van der Waals surface area contributed by atoms with Crippen LogP contribution in [0.2, 0.25) is 0 Å². The first kappa shape index (κ1) is 14.4. The summed E-state index contributed by atoms with van der Waals surface area (Å²) >= 11 is 1.29. The number of allylic oxidation sites excluding steroid dienone is 1. The van der Waals surface area contributed by atoms with E-state index in [0.717, 1.165) is 5.56 Å². The monoisotopic (exact) mass is 306 g/mol. The third-order valence-corrected chi connectivity index (χ3v) is 4.94. The zero-order chi connectivity index (χ0) is 15.5. The maximum absolute atomic E-state index is 12.8. The van der Waals surface area contributed by atoms with Crippen molar-refractivity contribution in [1.29, 1.82) is 5.26 Å². The highest BCUT2D eigenvalue weighted by molar-refractivity contribution is 8.04. The average molecular weight is 306 g/mol. The van der Waals surface area contributed by atoms with E-state index in [9.17, 15) is 10.1 Å². The Kier molecular flexibility index (Phi) is 3.99. The Labute approximate surface area is 133 Å². The van der Waals surface area contributed by atoms with Crippen LogP contribution in [0.15, 0.2) is 71.3 Å². The highest BCUT2D eigenvalue weighted by Crippen LogP contribution is 2.46. The summed E-state index contributed by atoms with van der Waals surface area (Å²) < 4.78 is 0. The summed E-state index contributed by atoms with van der Waals surface area (Å²) in [6.45, 7) is 0. The lowest BCUT2D eigenvalue weighted by Gasteiger charge is -2.19. The Morgan fingerprint density at radius 2 is 1.64 bits per heavy atom. The van der Waals surface area contributed by atoms with E-state index < -0.39 is 0 Å². The number of nitrogens with zero attached hydrogens (tertiary/aromatic N) is 1. The number of nitrogens with two attached hydrogens (primary N) is 1. The van der Waals surface area contributed by atoms with Gasteiger partial charge in [0, 0.05) is 11.5 Å². The number of hydrogen-bond donors (Lipinski definition) is 1. The number of hydrogen-bond acceptors (Lipinski definition) is 4. The van der Waals surface area contributed by atoms with Crippen LogP contribution in [0.5, 0.6) is 0 Å². The van der Waals surface area contributed by atoms with Crippen molar-refractivity contribution in [2.45, 2.75) is 11.2 Å². The summed E-state index contributed by atoms with van der Waals surface area (Å²) in [4.78, 5) is 12.8. The van der Waals surface area contributed by atoms with E-state index in [1.165, 1.54) is 11.8 Å². The molecular formula is C18H14N2OS. The van der Waals surface area contributed by atoms with E-state index in [0.29, 0.717) is 16.2 Å². The summed E-state index contributed by atoms with van der Waals surface area (Å²) in [6.07, 6.45) is 0. The minimum Gasteiger partial charge on any atom is -0.393 e. The van der Waals surface area contributed by atoms with Crippen molar-refractivity contribution in [3.63, 3.8) is 0 Å². The first-order valence-electron chi connectivity index (χ1n) is 6.93. The van der Waals surface area contributed by atoms with Crippen molar-refractivity contribution in [2.24, 2.45) is 5.73 Å². The lowest BCUT2D eigenvalue weighted by atomic mass is 9.86. The van der Waals surface area contributed by atoms with Gasteiger partial charge in [-0.05, 0) is 5.56 Å². The number of carbonyl (C=O) groups excluding carboxylic acids is 1. The van der Waals surface area contributed by atoms with Crippen LogP contribution in [-0.2, 0) is 0 Å². The van der Waals surface area contributed by atoms with E-state index in [4.69, 9.17) is 5.73 Å². The van der Waals surface area contributed by atoms with Gasteiger partial charge in [0.15, 0.2) is 5.78 Å². The summed E-state index contributed by atoms with van der Waals surface area (Å²) in [5.74, 6) is -0.281. The molecule has 0 saturated carbocycles.